The maximum atomic E-state index is 9.61. The van der Waals surface area contributed by atoms with Gasteiger partial charge >= 0.3 is 0 Å². The molecule has 2 N–H and O–H groups in total. The molecule has 0 radical (unpaired) electrons. The van der Waals surface area contributed by atoms with Crippen molar-refractivity contribution in [2.75, 3.05) is 13.7 Å². The molecule has 0 fully saturated rings. The zero-order valence-corrected chi connectivity index (χ0v) is 11.9. The number of para-hydroxylation sites is 1. The molecule has 0 heterocycles. The molecule has 2 rings (SSSR count). The average molecular weight is 271 g/mol. The van der Waals surface area contributed by atoms with Gasteiger partial charge in [-0.1, -0.05) is 48.5 Å². The van der Waals surface area contributed by atoms with Crippen molar-refractivity contribution in [3.05, 3.63) is 65.7 Å². The van der Waals surface area contributed by atoms with Gasteiger partial charge in [0.25, 0.3) is 0 Å². The molecule has 20 heavy (non-hydrogen) atoms. The number of hydrogen-bond acceptors (Lipinski definition) is 3. The minimum Gasteiger partial charge on any atom is -0.496 e. The molecule has 0 bridgehead atoms. The topological polar surface area (TPSA) is 41.5 Å². The molecule has 2 aromatic carbocycles. The molecule has 0 spiro atoms. The van der Waals surface area contributed by atoms with Gasteiger partial charge in [0.1, 0.15) is 5.75 Å². The Morgan fingerprint density at radius 1 is 1.05 bits per heavy atom. The fraction of sp³-hybridized carbons (Fsp3) is 0.294. The van der Waals surface area contributed by atoms with Crippen LogP contribution in [0.5, 0.6) is 5.75 Å². The summed E-state index contributed by atoms with van der Waals surface area (Å²) in [7, 11) is 1.67. The standard InChI is InChI=1S/C17H21NO2/c1-13(15-10-6-7-11-17(15)20-2)18-16(12-19)14-8-4-3-5-9-14/h3-11,13,16,18-19H,12H2,1-2H3. The number of aliphatic hydroxyl groups excluding tert-OH is 1. The second-order valence-electron chi connectivity index (χ2n) is 4.78. The molecule has 0 aliphatic carbocycles. The Kier molecular flexibility index (Phi) is 5.16. The van der Waals surface area contributed by atoms with Crippen LogP contribution in [0, 0.1) is 0 Å². The predicted octanol–water partition coefficient (Wildman–Crippen LogP) is 3.08. The van der Waals surface area contributed by atoms with Crippen molar-refractivity contribution >= 4 is 0 Å². The molecule has 0 aromatic heterocycles. The summed E-state index contributed by atoms with van der Waals surface area (Å²) < 4.78 is 5.38. The monoisotopic (exact) mass is 271 g/mol. The van der Waals surface area contributed by atoms with Gasteiger partial charge < -0.3 is 15.2 Å². The largest absolute Gasteiger partial charge is 0.496 e. The molecule has 2 aromatic rings. The van der Waals surface area contributed by atoms with Gasteiger partial charge in [-0.15, -0.1) is 0 Å². The summed E-state index contributed by atoms with van der Waals surface area (Å²) >= 11 is 0. The van der Waals surface area contributed by atoms with Crippen molar-refractivity contribution in [1.29, 1.82) is 0 Å². The van der Waals surface area contributed by atoms with E-state index in [4.69, 9.17) is 4.74 Å². The summed E-state index contributed by atoms with van der Waals surface area (Å²) in [6, 6.07) is 17.9. The first kappa shape index (κ1) is 14.6. The van der Waals surface area contributed by atoms with Crippen LogP contribution in [0.15, 0.2) is 54.6 Å². The SMILES string of the molecule is COc1ccccc1C(C)NC(CO)c1ccccc1. The number of ether oxygens (including phenoxy) is 1. The first-order valence-corrected chi connectivity index (χ1v) is 6.81. The van der Waals surface area contributed by atoms with Crippen molar-refractivity contribution in [1.82, 2.24) is 5.32 Å². The Morgan fingerprint density at radius 2 is 1.70 bits per heavy atom. The summed E-state index contributed by atoms with van der Waals surface area (Å²) in [6.45, 7) is 2.13. The van der Waals surface area contributed by atoms with Gasteiger partial charge in [-0.25, -0.2) is 0 Å². The van der Waals surface area contributed by atoms with Gasteiger partial charge in [0.2, 0.25) is 0 Å². The molecule has 0 amide bonds. The third-order valence-corrected chi connectivity index (χ3v) is 3.44. The lowest BCUT2D eigenvalue weighted by Crippen LogP contribution is -2.27. The number of nitrogens with one attached hydrogen (secondary N) is 1. The molecule has 2 unspecified atom stereocenters. The lowest BCUT2D eigenvalue weighted by Gasteiger charge is -2.23. The minimum absolute atomic E-state index is 0.0590. The van der Waals surface area contributed by atoms with E-state index >= 15 is 0 Å². The van der Waals surface area contributed by atoms with E-state index in [0.29, 0.717) is 0 Å². The zero-order chi connectivity index (χ0) is 14.4. The summed E-state index contributed by atoms with van der Waals surface area (Å²) in [6.07, 6.45) is 0. The van der Waals surface area contributed by atoms with Crippen molar-refractivity contribution in [3.8, 4) is 5.75 Å². The summed E-state index contributed by atoms with van der Waals surface area (Å²) in [4.78, 5) is 0. The van der Waals surface area contributed by atoms with Crippen LogP contribution in [0.4, 0.5) is 0 Å². The Bertz CT molecular complexity index is 528. The van der Waals surface area contributed by atoms with E-state index in [9.17, 15) is 5.11 Å². The van der Waals surface area contributed by atoms with E-state index < -0.39 is 0 Å². The molecule has 3 heteroatoms. The molecule has 0 saturated carbocycles. The van der Waals surface area contributed by atoms with E-state index in [1.165, 1.54) is 0 Å². The normalized spacial score (nSPS) is 13.8. The molecule has 106 valence electrons. The lowest BCUT2D eigenvalue weighted by atomic mass is 10.0. The minimum atomic E-state index is -0.0869. The predicted molar refractivity (Wildman–Crippen MR) is 80.8 cm³/mol. The van der Waals surface area contributed by atoms with E-state index in [2.05, 4.69) is 12.2 Å². The van der Waals surface area contributed by atoms with Crippen LogP contribution in [0.3, 0.4) is 0 Å². The van der Waals surface area contributed by atoms with Crippen molar-refractivity contribution in [3.63, 3.8) is 0 Å². The fourth-order valence-corrected chi connectivity index (χ4v) is 2.36. The second-order valence-corrected chi connectivity index (χ2v) is 4.78. The Morgan fingerprint density at radius 3 is 2.35 bits per heavy atom. The molecule has 2 atom stereocenters. The van der Waals surface area contributed by atoms with Crippen LogP contribution in [-0.4, -0.2) is 18.8 Å². The smallest absolute Gasteiger partial charge is 0.123 e. The van der Waals surface area contributed by atoms with Crippen LogP contribution in [0.25, 0.3) is 0 Å². The molecular formula is C17H21NO2. The van der Waals surface area contributed by atoms with Gasteiger partial charge in [-0.3, -0.25) is 0 Å². The maximum absolute atomic E-state index is 9.61. The number of methoxy groups -OCH3 is 1. The number of benzene rings is 2. The zero-order valence-electron chi connectivity index (χ0n) is 11.9. The van der Waals surface area contributed by atoms with Gasteiger partial charge in [-0.05, 0) is 18.6 Å². The fourth-order valence-electron chi connectivity index (χ4n) is 2.36. The third kappa shape index (κ3) is 3.38. The molecule has 0 aliphatic rings. The summed E-state index contributed by atoms with van der Waals surface area (Å²) in [5.74, 6) is 0.859. The van der Waals surface area contributed by atoms with E-state index in [1.54, 1.807) is 7.11 Å². The van der Waals surface area contributed by atoms with Crippen LogP contribution >= 0.6 is 0 Å². The highest BCUT2D eigenvalue weighted by atomic mass is 16.5. The highest BCUT2D eigenvalue weighted by Crippen LogP contribution is 2.26. The Labute approximate surface area is 120 Å². The third-order valence-electron chi connectivity index (χ3n) is 3.44. The molecular weight excluding hydrogens is 250 g/mol. The second kappa shape index (κ2) is 7.08. The first-order chi connectivity index (χ1) is 9.76. The number of rotatable bonds is 6. The number of hydrogen-bond donors (Lipinski definition) is 2. The Balaban J connectivity index is 2.15. The average Bonchev–Trinajstić information content (AvgIpc) is 2.53. The van der Waals surface area contributed by atoms with Crippen LogP contribution in [0.1, 0.15) is 30.1 Å². The number of aliphatic hydroxyl groups is 1. The molecule has 0 aliphatic heterocycles. The van der Waals surface area contributed by atoms with E-state index in [0.717, 1.165) is 16.9 Å². The van der Waals surface area contributed by atoms with Gasteiger partial charge in [-0.2, -0.15) is 0 Å². The highest BCUT2D eigenvalue weighted by Gasteiger charge is 2.16. The Hall–Kier alpha value is -1.84. The van der Waals surface area contributed by atoms with Crippen molar-refractivity contribution in [2.45, 2.75) is 19.0 Å². The van der Waals surface area contributed by atoms with Gasteiger partial charge in [0, 0.05) is 11.6 Å². The molecule has 3 nitrogen and oxygen atoms in total. The summed E-state index contributed by atoms with van der Waals surface area (Å²) in [5, 5.41) is 13.1. The van der Waals surface area contributed by atoms with Crippen LogP contribution in [-0.2, 0) is 0 Å². The molecule has 0 saturated heterocycles. The van der Waals surface area contributed by atoms with Gasteiger partial charge in [0.15, 0.2) is 0 Å². The lowest BCUT2D eigenvalue weighted by molar-refractivity contribution is 0.234. The van der Waals surface area contributed by atoms with Gasteiger partial charge in [0.05, 0.1) is 19.8 Å². The van der Waals surface area contributed by atoms with E-state index in [1.807, 2.05) is 54.6 Å². The summed E-state index contributed by atoms with van der Waals surface area (Å²) in [5.41, 5.74) is 2.17. The quantitative estimate of drug-likeness (QED) is 0.848. The van der Waals surface area contributed by atoms with Crippen molar-refractivity contribution < 1.29 is 9.84 Å². The van der Waals surface area contributed by atoms with Crippen LogP contribution in [0.2, 0.25) is 0 Å². The maximum Gasteiger partial charge on any atom is 0.123 e. The van der Waals surface area contributed by atoms with E-state index in [-0.39, 0.29) is 18.7 Å². The first-order valence-electron chi connectivity index (χ1n) is 6.81. The van der Waals surface area contributed by atoms with Crippen molar-refractivity contribution in [2.24, 2.45) is 0 Å². The highest BCUT2D eigenvalue weighted by molar-refractivity contribution is 5.35. The van der Waals surface area contributed by atoms with Crippen LogP contribution < -0.4 is 10.1 Å².